The number of aryl methyl sites for hydroxylation is 2. The third-order valence-electron chi connectivity index (χ3n) is 3.79. The van der Waals surface area contributed by atoms with Crippen molar-refractivity contribution in [1.82, 2.24) is 8.54 Å². The van der Waals surface area contributed by atoms with Gasteiger partial charge in [0.1, 0.15) is 0 Å². The normalized spacial score (nSPS) is 11.6. The number of carbonyl (C=O) groups is 1. The molecule has 2 rings (SSSR count). The fraction of sp³-hybridized carbons (Fsp3) is 0.375. The van der Waals surface area contributed by atoms with Crippen molar-refractivity contribution < 1.29 is 13.2 Å². The smallest absolute Gasteiger partial charge is 0.274 e. The van der Waals surface area contributed by atoms with Gasteiger partial charge in [-0.05, 0) is 43.5 Å². The SMILES string of the molecule is CCCCC(=O)n1ccn(S(=O)(=O)c2ccc(C)c(C)c2)c1=O. The van der Waals surface area contributed by atoms with E-state index in [0.29, 0.717) is 10.4 Å². The lowest BCUT2D eigenvalue weighted by atomic mass is 10.1. The Labute approximate surface area is 135 Å². The van der Waals surface area contributed by atoms with E-state index in [1.165, 1.54) is 18.3 Å². The third-order valence-corrected chi connectivity index (χ3v) is 5.44. The van der Waals surface area contributed by atoms with Crippen LogP contribution in [0.15, 0.2) is 40.3 Å². The maximum absolute atomic E-state index is 12.6. The van der Waals surface area contributed by atoms with Crippen LogP contribution in [-0.2, 0) is 10.0 Å². The van der Waals surface area contributed by atoms with E-state index in [-0.39, 0.29) is 11.3 Å². The third kappa shape index (κ3) is 3.29. The number of unbranched alkanes of at least 4 members (excludes halogenated alkanes) is 1. The Morgan fingerprint density at radius 1 is 1.13 bits per heavy atom. The zero-order valence-corrected chi connectivity index (χ0v) is 14.3. The van der Waals surface area contributed by atoms with Crippen LogP contribution in [0.4, 0.5) is 0 Å². The minimum absolute atomic E-state index is 0.0291. The maximum atomic E-state index is 12.6. The molecule has 0 spiro atoms. The number of hydrogen-bond donors (Lipinski definition) is 0. The molecule has 124 valence electrons. The minimum atomic E-state index is -4.01. The lowest BCUT2D eigenvalue weighted by Gasteiger charge is -2.07. The van der Waals surface area contributed by atoms with Crippen LogP contribution >= 0.6 is 0 Å². The Kier molecular flexibility index (Phi) is 4.89. The highest BCUT2D eigenvalue weighted by molar-refractivity contribution is 7.90. The molecular formula is C16H20N2O4S. The van der Waals surface area contributed by atoms with Gasteiger partial charge in [-0.15, -0.1) is 0 Å². The molecule has 0 fully saturated rings. The number of aromatic nitrogens is 2. The quantitative estimate of drug-likeness (QED) is 0.839. The second-order valence-corrected chi connectivity index (χ2v) is 7.31. The molecule has 0 amide bonds. The molecule has 2 aromatic rings. The molecule has 1 aromatic heterocycles. The highest BCUT2D eigenvalue weighted by Gasteiger charge is 2.22. The molecule has 0 saturated heterocycles. The molecule has 0 N–H and O–H groups in total. The van der Waals surface area contributed by atoms with Crippen LogP contribution in [0.25, 0.3) is 0 Å². The lowest BCUT2D eigenvalue weighted by Crippen LogP contribution is -2.32. The zero-order chi connectivity index (χ0) is 17.2. The van der Waals surface area contributed by atoms with Crippen molar-refractivity contribution in [2.24, 2.45) is 0 Å². The molecule has 1 heterocycles. The molecular weight excluding hydrogens is 316 g/mol. The first-order chi connectivity index (χ1) is 10.8. The second kappa shape index (κ2) is 6.54. The predicted molar refractivity (Wildman–Crippen MR) is 87.3 cm³/mol. The summed E-state index contributed by atoms with van der Waals surface area (Å²) >= 11 is 0. The van der Waals surface area contributed by atoms with Crippen molar-refractivity contribution in [3.63, 3.8) is 0 Å². The molecule has 0 bridgehead atoms. The van der Waals surface area contributed by atoms with E-state index in [1.54, 1.807) is 13.0 Å². The van der Waals surface area contributed by atoms with E-state index < -0.39 is 21.6 Å². The Bertz CT molecular complexity index is 891. The van der Waals surface area contributed by atoms with E-state index >= 15 is 0 Å². The van der Waals surface area contributed by atoms with Gasteiger partial charge in [0.2, 0.25) is 5.91 Å². The summed E-state index contributed by atoms with van der Waals surface area (Å²) in [5.74, 6) is -0.397. The van der Waals surface area contributed by atoms with Crippen LogP contribution in [0.1, 0.15) is 42.1 Å². The van der Waals surface area contributed by atoms with Gasteiger partial charge in [-0.2, -0.15) is 3.97 Å². The monoisotopic (exact) mass is 336 g/mol. The van der Waals surface area contributed by atoms with E-state index in [4.69, 9.17) is 0 Å². The Morgan fingerprint density at radius 3 is 2.43 bits per heavy atom. The van der Waals surface area contributed by atoms with Gasteiger partial charge < -0.3 is 0 Å². The number of nitrogens with zero attached hydrogens (tertiary/aromatic N) is 2. The Hall–Kier alpha value is -2.15. The molecule has 0 radical (unpaired) electrons. The first-order valence-electron chi connectivity index (χ1n) is 7.45. The van der Waals surface area contributed by atoms with Gasteiger partial charge in [-0.25, -0.2) is 17.8 Å². The molecule has 7 heteroatoms. The maximum Gasteiger partial charge on any atom is 0.349 e. The Balaban J connectivity index is 2.45. The molecule has 6 nitrogen and oxygen atoms in total. The molecule has 0 aliphatic carbocycles. The minimum Gasteiger partial charge on any atom is -0.274 e. The summed E-state index contributed by atoms with van der Waals surface area (Å²) < 4.78 is 26.7. The molecule has 23 heavy (non-hydrogen) atoms. The van der Waals surface area contributed by atoms with Crippen LogP contribution < -0.4 is 5.69 Å². The largest absolute Gasteiger partial charge is 0.349 e. The number of imidazole rings is 1. The van der Waals surface area contributed by atoms with Gasteiger partial charge in [0, 0.05) is 18.8 Å². The molecule has 1 aromatic carbocycles. The van der Waals surface area contributed by atoms with Gasteiger partial charge in [-0.1, -0.05) is 19.4 Å². The molecule has 0 saturated carbocycles. The summed E-state index contributed by atoms with van der Waals surface area (Å²) in [5, 5.41) is 0. The molecule has 0 atom stereocenters. The van der Waals surface area contributed by atoms with Crippen molar-refractivity contribution in [3.8, 4) is 0 Å². The van der Waals surface area contributed by atoms with Crippen LogP contribution in [0.5, 0.6) is 0 Å². The fourth-order valence-corrected chi connectivity index (χ4v) is 3.47. The van der Waals surface area contributed by atoms with Crippen LogP contribution in [0.2, 0.25) is 0 Å². The highest BCUT2D eigenvalue weighted by Crippen LogP contribution is 2.16. The zero-order valence-electron chi connectivity index (χ0n) is 13.4. The summed E-state index contributed by atoms with van der Waals surface area (Å²) in [4.78, 5) is 24.3. The second-order valence-electron chi connectivity index (χ2n) is 5.49. The molecule has 0 aliphatic rings. The first kappa shape index (κ1) is 17.2. The van der Waals surface area contributed by atoms with Gasteiger partial charge in [0.05, 0.1) is 4.90 Å². The van der Waals surface area contributed by atoms with Gasteiger partial charge in [0.15, 0.2) is 0 Å². The molecule has 0 aliphatic heterocycles. The summed E-state index contributed by atoms with van der Waals surface area (Å²) in [6, 6.07) is 4.67. The van der Waals surface area contributed by atoms with Crippen molar-refractivity contribution in [2.45, 2.75) is 44.9 Å². The number of carbonyl (C=O) groups excluding carboxylic acids is 1. The van der Waals surface area contributed by atoms with Crippen molar-refractivity contribution in [3.05, 3.63) is 52.2 Å². The summed E-state index contributed by atoms with van der Waals surface area (Å²) in [6.45, 7) is 5.61. The highest BCUT2D eigenvalue weighted by atomic mass is 32.2. The number of benzene rings is 1. The van der Waals surface area contributed by atoms with Crippen LogP contribution in [0, 0.1) is 13.8 Å². The van der Waals surface area contributed by atoms with Crippen molar-refractivity contribution in [2.75, 3.05) is 0 Å². The summed E-state index contributed by atoms with van der Waals surface area (Å²) in [6.07, 6.45) is 4.02. The van der Waals surface area contributed by atoms with Gasteiger partial charge in [-0.3, -0.25) is 4.79 Å². The summed E-state index contributed by atoms with van der Waals surface area (Å²) in [7, 11) is -4.01. The standard InChI is InChI=1S/C16H20N2O4S/c1-4-5-6-15(19)17-9-10-18(16(17)20)23(21,22)14-8-7-12(2)13(3)11-14/h7-11H,4-6H2,1-3H3. The topological polar surface area (TPSA) is 78.1 Å². The first-order valence-corrected chi connectivity index (χ1v) is 8.89. The van der Waals surface area contributed by atoms with Crippen molar-refractivity contribution >= 4 is 15.9 Å². The van der Waals surface area contributed by atoms with Crippen molar-refractivity contribution in [1.29, 1.82) is 0 Å². The number of hydrogen-bond acceptors (Lipinski definition) is 4. The summed E-state index contributed by atoms with van der Waals surface area (Å²) in [5.41, 5.74) is 0.922. The fourth-order valence-electron chi connectivity index (χ4n) is 2.17. The predicted octanol–water partition coefficient (Wildman–Crippen LogP) is 2.33. The van der Waals surface area contributed by atoms with E-state index in [1.807, 2.05) is 13.8 Å². The van der Waals surface area contributed by atoms with E-state index in [2.05, 4.69) is 0 Å². The van der Waals surface area contributed by atoms with E-state index in [0.717, 1.165) is 28.3 Å². The van der Waals surface area contributed by atoms with Crippen LogP contribution in [0.3, 0.4) is 0 Å². The Morgan fingerprint density at radius 2 is 1.83 bits per heavy atom. The van der Waals surface area contributed by atoms with Crippen LogP contribution in [-0.4, -0.2) is 22.9 Å². The number of rotatable bonds is 5. The molecule has 0 unspecified atom stereocenters. The average molecular weight is 336 g/mol. The lowest BCUT2D eigenvalue weighted by molar-refractivity contribution is 0.0895. The van der Waals surface area contributed by atoms with Gasteiger partial charge in [0.25, 0.3) is 10.0 Å². The van der Waals surface area contributed by atoms with Gasteiger partial charge >= 0.3 is 5.69 Å². The van der Waals surface area contributed by atoms with E-state index in [9.17, 15) is 18.0 Å². The average Bonchev–Trinajstić information content (AvgIpc) is 2.90.